The number of hydrogen-bond donors (Lipinski definition) is 1. The lowest BCUT2D eigenvalue weighted by Crippen LogP contribution is -2.29. The van der Waals surface area contributed by atoms with Gasteiger partial charge in [0.05, 0.1) is 10.4 Å². The maximum atomic E-state index is 6.14. The standard InChI is InChI=1S/C17H20ClNS2/c18-16-8-7-15(21-16)17(14-2-1-9-20-14)19-10-13(11-3-4-11)12-5-6-12/h1-2,7-9,11-13,17,19H,3-6,10H2. The minimum atomic E-state index is 0.322. The van der Waals surface area contributed by atoms with Crippen molar-refractivity contribution in [3.05, 3.63) is 43.7 Å². The molecule has 4 heteroatoms. The predicted octanol–water partition coefficient (Wildman–Crippen LogP) is 5.58. The zero-order valence-electron chi connectivity index (χ0n) is 11.9. The van der Waals surface area contributed by atoms with E-state index < -0.39 is 0 Å². The smallest absolute Gasteiger partial charge is 0.0931 e. The first-order chi connectivity index (χ1) is 10.3. The van der Waals surface area contributed by atoms with E-state index in [0.29, 0.717) is 6.04 Å². The highest BCUT2D eigenvalue weighted by atomic mass is 35.5. The van der Waals surface area contributed by atoms with Crippen LogP contribution in [-0.2, 0) is 0 Å². The normalized spacial score (nSPS) is 20.1. The molecule has 0 spiro atoms. The summed E-state index contributed by atoms with van der Waals surface area (Å²) in [5, 5.41) is 6.02. The predicted molar refractivity (Wildman–Crippen MR) is 92.4 cm³/mol. The molecule has 0 saturated heterocycles. The summed E-state index contributed by atoms with van der Waals surface area (Å²) in [6.45, 7) is 1.16. The van der Waals surface area contributed by atoms with E-state index in [1.807, 2.05) is 17.4 Å². The van der Waals surface area contributed by atoms with Crippen LogP contribution in [0.2, 0.25) is 4.34 Å². The topological polar surface area (TPSA) is 12.0 Å². The Morgan fingerprint density at radius 2 is 1.86 bits per heavy atom. The molecule has 0 aliphatic heterocycles. The van der Waals surface area contributed by atoms with Gasteiger partial charge in [-0.25, -0.2) is 0 Å². The summed E-state index contributed by atoms with van der Waals surface area (Å²) in [6.07, 6.45) is 5.82. The van der Waals surface area contributed by atoms with Gasteiger partial charge in [0.1, 0.15) is 0 Å². The Balaban J connectivity index is 1.49. The molecule has 1 unspecified atom stereocenters. The number of rotatable bonds is 7. The Morgan fingerprint density at radius 3 is 2.38 bits per heavy atom. The van der Waals surface area contributed by atoms with Crippen LogP contribution >= 0.6 is 34.3 Å². The van der Waals surface area contributed by atoms with Gasteiger partial charge in [-0.15, -0.1) is 22.7 Å². The number of halogens is 1. The fourth-order valence-corrected chi connectivity index (χ4v) is 5.35. The van der Waals surface area contributed by atoms with E-state index in [0.717, 1.165) is 28.6 Å². The van der Waals surface area contributed by atoms with Crippen molar-refractivity contribution in [3.63, 3.8) is 0 Å². The molecule has 112 valence electrons. The third-order valence-corrected chi connectivity index (χ3v) is 6.95. The first kappa shape index (κ1) is 14.3. The minimum absolute atomic E-state index is 0.322. The Hall–Kier alpha value is -0.350. The largest absolute Gasteiger partial charge is 0.305 e. The fraction of sp³-hybridized carbons (Fsp3) is 0.529. The van der Waals surface area contributed by atoms with Crippen molar-refractivity contribution >= 4 is 34.3 Å². The van der Waals surface area contributed by atoms with Crippen molar-refractivity contribution < 1.29 is 0 Å². The SMILES string of the molecule is Clc1ccc(C(NCC(C2CC2)C2CC2)c2cccs2)s1. The van der Waals surface area contributed by atoms with Crippen LogP contribution in [0.15, 0.2) is 29.6 Å². The van der Waals surface area contributed by atoms with Crippen molar-refractivity contribution in [2.24, 2.45) is 17.8 Å². The van der Waals surface area contributed by atoms with E-state index in [1.165, 1.54) is 35.4 Å². The summed E-state index contributed by atoms with van der Waals surface area (Å²) in [6, 6.07) is 8.89. The van der Waals surface area contributed by atoms with E-state index in [9.17, 15) is 0 Å². The van der Waals surface area contributed by atoms with E-state index in [2.05, 4.69) is 28.9 Å². The highest BCUT2D eigenvalue weighted by Crippen LogP contribution is 2.49. The molecule has 4 rings (SSSR count). The second-order valence-electron chi connectivity index (χ2n) is 6.34. The van der Waals surface area contributed by atoms with Crippen LogP contribution < -0.4 is 5.32 Å². The molecule has 0 bridgehead atoms. The summed E-state index contributed by atoms with van der Waals surface area (Å²) in [5.74, 6) is 2.91. The summed E-state index contributed by atoms with van der Waals surface area (Å²) in [4.78, 5) is 2.74. The lowest BCUT2D eigenvalue weighted by atomic mass is 9.97. The maximum Gasteiger partial charge on any atom is 0.0931 e. The van der Waals surface area contributed by atoms with Gasteiger partial charge in [-0.3, -0.25) is 0 Å². The van der Waals surface area contributed by atoms with Gasteiger partial charge in [0.25, 0.3) is 0 Å². The average Bonchev–Trinajstić information content (AvgIpc) is 3.40. The molecule has 2 heterocycles. The first-order valence-corrected chi connectivity index (χ1v) is 9.90. The number of nitrogens with one attached hydrogen (secondary N) is 1. The summed E-state index contributed by atoms with van der Waals surface area (Å²) < 4.78 is 0.884. The lowest BCUT2D eigenvalue weighted by Gasteiger charge is -2.21. The quantitative estimate of drug-likeness (QED) is 0.695. The van der Waals surface area contributed by atoms with Crippen LogP contribution in [0.5, 0.6) is 0 Å². The molecule has 0 aromatic carbocycles. The van der Waals surface area contributed by atoms with Crippen molar-refractivity contribution in [2.75, 3.05) is 6.54 Å². The fourth-order valence-electron chi connectivity index (χ4n) is 3.30. The van der Waals surface area contributed by atoms with Gasteiger partial charge in [-0.05, 0) is 73.6 Å². The molecule has 21 heavy (non-hydrogen) atoms. The van der Waals surface area contributed by atoms with E-state index in [-0.39, 0.29) is 0 Å². The van der Waals surface area contributed by atoms with Crippen LogP contribution in [-0.4, -0.2) is 6.54 Å². The van der Waals surface area contributed by atoms with Crippen LogP contribution in [0.25, 0.3) is 0 Å². The van der Waals surface area contributed by atoms with Gasteiger partial charge in [-0.1, -0.05) is 17.7 Å². The van der Waals surface area contributed by atoms with E-state index in [4.69, 9.17) is 11.6 Å². The molecule has 0 amide bonds. The molecule has 0 radical (unpaired) electrons. The zero-order chi connectivity index (χ0) is 14.2. The van der Waals surface area contributed by atoms with Gasteiger partial charge in [0.2, 0.25) is 0 Å². The van der Waals surface area contributed by atoms with E-state index >= 15 is 0 Å². The second kappa shape index (κ2) is 6.04. The minimum Gasteiger partial charge on any atom is -0.305 e. The Morgan fingerprint density at radius 1 is 1.10 bits per heavy atom. The lowest BCUT2D eigenvalue weighted by molar-refractivity contribution is 0.369. The van der Waals surface area contributed by atoms with Crippen LogP contribution in [0.3, 0.4) is 0 Å². The monoisotopic (exact) mass is 337 g/mol. The number of thiophene rings is 2. The number of hydrogen-bond acceptors (Lipinski definition) is 3. The molecular formula is C17H20ClNS2. The Labute approximate surface area is 139 Å². The van der Waals surface area contributed by atoms with Gasteiger partial charge in [0, 0.05) is 9.75 Å². The molecule has 1 nitrogen and oxygen atoms in total. The third kappa shape index (κ3) is 3.37. The molecular weight excluding hydrogens is 318 g/mol. The van der Waals surface area contributed by atoms with Gasteiger partial charge >= 0.3 is 0 Å². The first-order valence-electron chi connectivity index (χ1n) is 7.83. The van der Waals surface area contributed by atoms with Crippen molar-refractivity contribution in [1.82, 2.24) is 5.32 Å². The zero-order valence-corrected chi connectivity index (χ0v) is 14.3. The van der Waals surface area contributed by atoms with Crippen molar-refractivity contribution in [2.45, 2.75) is 31.7 Å². The summed E-state index contributed by atoms with van der Waals surface area (Å²) in [5.41, 5.74) is 0. The summed E-state index contributed by atoms with van der Waals surface area (Å²) >= 11 is 9.68. The molecule has 2 aromatic rings. The van der Waals surface area contributed by atoms with Crippen LogP contribution in [0.4, 0.5) is 0 Å². The van der Waals surface area contributed by atoms with Crippen molar-refractivity contribution in [1.29, 1.82) is 0 Å². The maximum absolute atomic E-state index is 6.14. The molecule has 2 aliphatic carbocycles. The van der Waals surface area contributed by atoms with Crippen molar-refractivity contribution in [3.8, 4) is 0 Å². The molecule has 1 atom stereocenters. The highest BCUT2D eigenvalue weighted by Gasteiger charge is 2.41. The second-order valence-corrected chi connectivity index (χ2v) is 9.06. The third-order valence-electron chi connectivity index (χ3n) is 4.72. The van der Waals surface area contributed by atoms with Gasteiger partial charge in [0.15, 0.2) is 0 Å². The molecule has 2 fully saturated rings. The highest BCUT2D eigenvalue weighted by molar-refractivity contribution is 7.16. The van der Waals surface area contributed by atoms with Crippen LogP contribution in [0, 0.1) is 17.8 Å². The van der Waals surface area contributed by atoms with Gasteiger partial charge < -0.3 is 5.32 Å². The molecule has 1 N–H and O–H groups in total. The van der Waals surface area contributed by atoms with E-state index in [1.54, 1.807) is 11.3 Å². The molecule has 2 aliphatic rings. The molecule has 2 aromatic heterocycles. The average molecular weight is 338 g/mol. The Kier molecular flexibility index (Phi) is 4.10. The Bertz CT molecular complexity index is 572. The summed E-state index contributed by atoms with van der Waals surface area (Å²) in [7, 11) is 0. The van der Waals surface area contributed by atoms with Crippen LogP contribution in [0.1, 0.15) is 41.5 Å². The molecule has 2 saturated carbocycles. The van der Waals surface area contributed by atoms with Gasteiger partial charge in [-0.2, -0.15) is 0 Å².